The van der Waals surface area contributed by atoms with Crippen molar-refractivity contribution in [2.45, 2.75) is 37.5 Å². The lowest BCUT2D eigenvalue weighted by molar-refractivity contribution is 0.102. The zero-order chi connectivity index (χ0) is 13.4. The molecule has 0 radical (unpaired) electrons. The van der Waals surface area contributed by atoms with E-state index in [1.54, 1.807) is 7.05 Å². The van der Waals surface area contributed by atoms with Crippen LogP contribution in [0.15, 0.2) is 0 Å². The van der Waals surface area contributed by atoms with Gasteiger partial charge in [-0.25, -0.2) is 0 Å². The van der Waals surface area contributed by atoms with Gasteiger partial charge in [0.05, 0.1) is 18.2 Å². The summed E-state index contributed by atoms with van der Waals surface area (Å²) in [6.45, 7) is 0. The fourth-order valence-electron chi connectivity index (χ4n) is 2.70. The van der Waals surface area contributed by atoms with Crippen molar-refractivity contribution in [1.29, 1.82) is 0 Å². The van der Waals surface area contributed by atoms with Crippen LogP contribution in [0.1, 0.15) is 19.3 Å². The molecule has 0 spiro atoms. The molecule has 3 atom stereocenters. The second kappa shape index (κ2) is 4.80. The van der Waals surface area contributed by atoms with Gasteiger partial charge in [-0.3, -0.25) is 0 Å². The maximum absolute atomic E-state index is 5.83. The first-order valence-electron chi connectivity index (χ1n) is 6.69. The standard InChI is InChI=1S/C12H20N6O/c1-13-10-15-11(17-12(16-10)18(2)3)14-8-6-7-4-5-9(8)19-7/h7-9H,4-6H2,1-3H3,(H2,13,14,15,16,17). The Hall–Kier alpha value is -1.63. The molecular weight excluding hydrogens is 244 g/mol. The molecule has 0 amide bonds. The molecule has 2 aliphatic rings. The summed E-state index contributed by atoms with van der Waals surface area (Å²) < 4.78 is 5.83. The van der Waals surface area contributed by atoms with Crippen molar-refractivity contribution in [2.75, 3.05) is 36.7 Å². The second-order valence-electron chi connectivity index (χ2n) is 5.29. The first-order valence-corrected chi connectivity index (χ1v) is 6.69. The maximum atomic E-state index is 5.83. The minimum Gasteiger partial charge on any atom is -0.373 e. The molecule has 19 heavy (non-hydrogen) atoms. The van der Waals surface area contributed by atoms with Crippen LogP contribution in [-0.4, -0.2) is 54.3 Å². The number of aromatic nitrogens is 3. The van der Waals surface area contributed by atoms with E-state index in [2.05, 4.69) is 25.6 Å². The van der Waals surface area contributed by atoms with Crippen LogP contribution >= 0.6 is 0 Å². The first kappa shape index (κ1) is 12.4. The Bertz CT molecular complexity index is 466. The number of nitrogens with one attached hydrogen (secondary N) is 2. The van der Waals surface area contributed by atoms with Gasteiger partial charge in [0.1, 0.15) is 0 Å². The minimum absolute atomic E-state index is 0.308. The number of nitrogens with zero attached hydrogens (tertiary/aromatic N) is 4. The van der Waals surface area contributed by atoms with E-state index in [1.165, 1.54) is 6.42 Å². The Labute approximate surface area is 112 Å². The molecule has 0 aliphatic carbocycles. The molecule has 0 aromatic carbocycles. The van der Waals surface area contributed by atoms with Crippen molar-refractivity contribution in [3.05, 3.63) is 0 Å². The molecule has 2 aliphatic heterocycles. The Kier molecular flexibility index (Phi) is 3.14. The maximum Gasteiger partial charge on any atom is 0.231 e. The lowest BCUT2D eigenvalue weighted by atomic mass is 9.96. The lowest BCUT2D eigenvalue weighted by Crippen LogP contribution is -2.31. The topological polar surface area (TPSA) is 75.2 Å². The number of ether oxygens (including phenoxy) is 1. The molecule has 2 N–H and O–H groups in total. The number of rotatable bonds is 4. The van der Waals surface area contributed by atoms with E-state index >= 15 is 0 Å². The average molecular weight is 264 g/mol. The average Bonchev–Trinajstić information content (AvgIpc) is 3.00. The highest BCUT2D eigenvalue weighted by atomic mass is 16.5. The van der Waals surface area contributed by atoms with Crippen molar-refractivity contribution in [1.82, 2.24) is 15.0 Å². The Morgan fingerprint density at radius 3 is 2.53 bits per heavy atom. The predicted octanol–water partition coefficient (Wildman–Crippen LogP) is 0.711. The van der Waals surface area contributed by atoms with Gasteiger partial charge in [-0.1, -0.05) is 0 Å². The molecule has 2 bridgehead atoms. The van der Waals surface area contributed by atoms with Crippen LogP contribution in [0.25, 0.3) is 0 Å². The summed E-state index contributed by atoms with van der Waals surface area (Å²) >= 11 is 0. The molecule has 7 nitrogen and oxygen atoms in total. The molecule has 1 aromatic rings. The zero-order valence-corrected chi connectivity index (χ0v) is 11.6. The van der Waals surface area contributed by atoms with Crippen molar-refractivity contribution in [2.24, 2.45) is 0 Å². The molecule has 2 saturated heterocycles. The van der Waals surface area contributed by atoms with Gasteiger partial charge in [-0.05, 0) is 19.3 Å². The van der Waals surface area contributed by atoms with Gasteiger partial charge in [-0.2, -0.15) is 15.0 Å². The predicted molar refractivity (Wildman–Crippen MR) is 73.6 cm³/mol. The SMILES string of the molecule is CNc1nc(NC2CC3CCC2O3)nc(N(C)C)n1. The summed E-state index contributed by atoms with van der Waals surface area (Å²) in [7, 11) is 5.64. The van der Waals surface area contributed by atoms with E-state index in [0.717, 1.165) is 12.8 Å². The Balaban J connectivity index is 1.78. The third kappa shape index (κ3) is 2.42. The van der Waals surface area contributed by atoms with Crippen LogP contribution in [0.3, 0.4) is 0 Å². The highest BCUT2D eigenvalue weighted by Gasteiger charge is 2.41. The first-order chi connectivity index (χ1) is 9.15. The Morgan fingerprint density at radius 1 is 1.16 bits per heavy atom. The minimum atomic E-state index is 0.308. The highest BCUT2D eigenvalue weighted by Crippen LogP contribution is 2.35. The smallest absolute Gasteiger partial charge is 0.231 e. The van der Waals surface area contributed by atoms with Gasteiger partial charge < -0.3 is 20.3 Å². The summed E-state index contributed by atoms with van der Waals surface area (Å²) in [5.74, 6) is 1.83. The van der Waals surface area contributed by atoms with E-state index in [-0.39, 0.29) is 0 Å². The molecule has 2 fully saturated rings. The second-order valence-corrected chi connectivity index (χ2v) is 5.29. The number of fused-ring (bicyclic) bond motifs is 2. The number of hydrogen-bond acceptors (Lipinski definition) is 7. The molecule has 0 saturated carbocycles. The summed E-state index contributed by atoms with van der Waals surface area (Å²) in [6, 6.07) is 0.320. The van der Waals surface area contributed by atoms with Gasteiger partial charge in [0.2, 0.25) is 17.8 Å². The lowest BCUT2D eigenvalue weighted by Gasteiger charge is -2.21. The third-order valence-electron chi connectivity index (χ3n) is 3.67. The van der Waals surface area contributed by atoms with Gasteiger partial charge in [-0.15, -0.1) is 0 Å². The van der Waals surface area contributed by atoms with Crippen LogP contribution in [0.4, 0.5) is 17.8 Å². The van der Waals surface area contributed by atoms with Crippen LogP contribution in [0.2, 0.25) is 0 Å². The van der Waals surface area contributed by atoms with E-state index < -0.39 is 0 Å². The molecule has 3 heterocycles. The van der Waals surface area contributed by atoms with E-state index in [4.69, 9.17) is 4.74 Å². The number of anilines is 3. The summed E-state index contributed by atoms with van der Waals surface area (Å²) in [5.41, 5.74) is 0. The fraction of sp³-hybridized carbons (Fsp3) is 0.750. The van der Waals surface area contributed by atoms with Crippen LogP contribution in [0.5, 0.6) is 0 Å². The third-order valence-corrected chi connectivity index (χ3v) is 3.67. The molecule has 104 valence electrons. The normalized spacial score (nSPS) is 28.5. The monoisotopic (exact) mass is 264 g/mol. The van der Waals surface area contributed by atoms with Gasteiger partial charge in [0.25, 0.3) is 0 Å². The summed E-state index contributed by atoms with van der Waals surface area (Å²) in [4.78, 5) is 14.9. The molecule has 1 aromatic heterocycles. The van der Waals surface area contributed by atoms with Crippen molar-refractivity contribution in [3.63, 3.8) is 0 Å². The largest absolute Gasteiger partial charge is 0.373 e. The molecular formula is C12H20N6O. The zero-order valence-electron chi connectivity index (χ0n) is 11.6. The van der Waals surface area contributed by atoms with Crippen LogP contribution < -0.4 is 15.5 Å². The van der Waals surface area contributed by atoms with Crippen molar-refractivity contribution >= 4 is 17.8 Å². The van der Waals surface area contributed by atoms with Gasteiger partial charge in [0.15, 0.2) is 0 Å². The summed E-state index contributed by atoms with van der Waals surface area (Å²) in [5, 5.41) is 6.35. The van der Waals surface area contributed by atoms with E-state index in [9.17, 15) is 0 Å². The van der Waals surface area contributed by atoms with Crippen molar-refractivity contribution in [3.8, 4) is 0 Å². The summed E-state index contributed by atoms with van der Waals surface area (Å²) in [6.07, 6.45) is 4.09. The molecule has 7 heteroatoms. The molecule has 3 rings (SSSR count). The fourth-order valence-corrected chi connectivity index (χ4v) is 2.70. The Morgan fingerprint density at radius 2 is 1.95 bits per heavy atom. The van der Waals surface area contributed by atoms with Gasteiger partial charge >= 0.3 is 0 Å². The quantitative estimate of drug-likeness (QED) is 0.829. The number of hydrogen-bond donors (Lipinski definition) is 2. The van der Waals surface area contributed by atoms with Crippen molar-refractivity contribution < 1.29 is 4.74 Å². The highest BCUT2D eigenvalue weighted by molar-refractivity contribution is 5.43. The van der Waals surface area contributed by atoms with E-state index in [0.29, 0.717) is 36.1 Å². The van der Waals surface area contributed by atoms with Gasteiger partial charge in [0, 0.05) is 21.1 Å². The molecule has 3 unspecified atom stereocenters. The van der Waals surface area contributed by atoms with Crippen LogP contribution in [0, 0.1) is 0 Å². The van der Waals surface area contributed by atoms with E-state index in [1.807, 2.05) is 19.0 Å². The van der Waals surface area contributed by atoms with Crippen LogP contribution in [-0.2, 0) is 4.74 Å².